The number of ether oxygens (including phenoxy) is 2. The van der Waals surface area contributed by atoms with Crippen LogP contribution in [0.5, 0.6) is 5.75 Å². The van der Waals surface area contributed by atoms with Crippen LogP contribution in [0.3, 0.4) is 0 Å². The van der Waals surface area contributed by atoms with Crippen molar-refractivity contribution in [3.63, 3.8) is 0 Å². The highest BCUT2D eigenvalue weighted by atomic mass is 79.9. The Balaban J connectivity index is 2.23. The molecule has 0 bridgehead atoms. The first-order valence-corrected chi connectivity index (χ1v) is 7.58. The molecule has 0 aromatic heterocycles. The van der Waals surface area contributed by atoms with Gasteiger partial charge in [0.05, 0.1) is 13.2 Å². The first kappa shape index (κ1) is 14.8. The fourth-order valence-electron chi connectivity index (χ4n) is 2.61. The van der Waals surface area contributed by atoms with Crippen LogP contribution >= 0.6 is 15.9 Å². The molecule has 1 aliphatic heterocycles. The zero-order valence-electron chi connectivity index (χ0n) is 11.8. The number of nitrogens with one attached hydrogen (secondary N) is 1. The smallest absolute Gasteiger partial charge is 0.123 e. The number of hydrogen-bond donors (Lipinski definition) is 1. The minimum atomic E-state index is 0.259. The number of methoxy groups -OCH3 is 1. The van der Waals surface area contributed by atoms with Crippen molar-refractivity contribution in [1.29, 1.82) is 0 Å². The van der Waals surface area contributed by atoms with Crippen LogP contribution in [0.1, 0.15) is 36.4 Å². The molecule has 2 rings (SSSR count). The maximum Gasteiger partial charge on any atom is 0.123 e. The molecule has 1 heterocycles. The van der Waals surface area contributed by atoms with E-state index in [0.29, 0.717) is 6.10 Å². The third kappa shape index (κ3) is 3.50. The third-order valence-corrected chi connectivity index (χ3v) is 4.61. The molecule has 2 unspecified atom stereocenters. The average molecular weight is 328 g/mol. The van der Waals surface area contributed by atoms with E-state index in [1.165, 1.54) is 17.5 Å². The summed E-state index contributed by atoms with van der Waals surface area (Å²) < 4.78 is 12.4. The quantitative estimate of drug-likeness (QED) is 0.896. The molecule has 106 valence electrons. The molecule has 1 fully saturated rings. The fourth-order valence-corrected chi connectivity index (χ4v) is 2.97. The molecule has 1 aromatic carbocycles. The Morgan fingerprint density at radius 2 is 2.32 bits per heavy atom. The van der Waals surface area contributed by atoms with Gasteiger partial charge in [-0.05, 0) is 50.9 Å². The van der Waals surface area contributed by atoms with E-state index in [2.05, 4.69) is 40.3 Å². The highest BCUT2D eigenvalue weighted by molar-refractivity contribution is 9.10. The second kappa shape index (κ2) is 6.73. The molecule has 0 spiro atoms. The van der Waals surface area contributed by atoms with Gasteiger partial charge in [0.25, 0.3) is 0 Å². The molecule has 19 heavy (non-hydrogen) atoms. The number of benzene rings is 1. The van der Waals surface area contributed by atoms with E-state index in [0.717, 1.165) is 29.7 Å². The zero-order chi connectivity index (χ0) is 13.8. The maximum absolute atomic E-state index is 5.74. The van der Waals surface area contributed by atoms with Gasteiger partial charge >= 0.3 is 0 Å². The van der Waals surface area contributed by atoms with Crippen LogP contribution in [0.25, 0.3) is 0 Å². The predicted molar refractivity (Wildman–Crippen MR) is 80.8 cm³/mol. The van der Waals surface area contributed by atoms with Crippen LogP contribution in [0, 0.1) is 6.92 Å². The van der Waals surface area contributed by atoms with Crippen molar-refractivity contribution in [2.24, 2.45) is 0 Å². The Kier molecular flexibility index (Phi) is 5.25. The van der Waals surface area contributed by atoms with Crippen LogP contribution < -0.4 is 10.1 Å². The molecule has 0 radical (unpaired) electrons. The van der Waals surface area contributed by atoms with Gasteiger partial charge in [0, 0.05) is 22.7 Å². The summed E-state index contributed by atoms with van der Waals surface area (Å²) in [5.74, 6) is 0.943. The van der Waals surface area contributed by atoms with E-state index in [9.17, 15) is 0 Å². The van der Waals surface area contributed by atoms with Crippen LogP contribution in [0.15, 0.2) is 16.6 Å². The second-order valence-corrected chi connectivity index (χ2v) is 5.91. The molecule has 1 aromatic rings. The van der Waals surface area contributed by atoms with Crippen molar-refractivity contribution in [2.75, 3.05) is 20.8 Å². The maximum atomic E-state index is 5.74. The van der Waals surface area contributed by atoms with Gasteiger partial charge < -0.3 is 14.8 Å². The van der Waals surface area contributed by atoms with Crippen molar-refractivity contribution in [2.45, 2.75) is 38.3 Å². The summed E-state index contributed by atoms with van der Waals surface area (Å²) in [4.78, 5) is 0. The van der Waals surface area contributed by atoms with E-state index in [1.54, 1.807) is 7.11 Å². The minimum absolute atomic E-state index is 0.259. The van der Waals surface area contributed by atoms with Gasteiger partial charge in [-0.1, -0.05) is 15.9 Å². The molecule has 3 nitrogen and oxygen atoms in total. The van der Waals surface area contributed by atoms with Crippen molar-refractivity contribution in [3.8, 4) is 5.75 Å². The van der Waals surface area contributed by atoms with E-state index in [-0.39, 0.29) is 6.04 Å². The SMILES string of the molecule is CNC(CC1CCCO1)c1cc(Br)c(C)cc1OC. The summed E-state index contributed by atoms with van der Waals surface area (Å²) in [6.45, 7) is 2.97. The Morgan fingerprint density at radius 3 is 2.89 bits per heavy atom. The van der Waals surface area contributed by atoms with Crippen LogP contribution in [0.4, 0.5) is 0 Å². The molecule has 0 amide bonds. The second-order valence-electron chi connectivity index (χ2n) is 5.06. The van der Waals surface area contributed by atoms with Gasteiger partial charge in [-0.15, -0.1) is 0 Å². The predicted octanol–water partition coefficient (Wildman–Crippen LogP) is 3.60. The molecule has 2 atom stereocenters. The van der Waals surface area contributed by atoms with Gasteiger partial charge in [0.15, 0.2) is 0 Å². The van der Waals surface area contributed by atoms with Crippen LogP contribution in [-0.4, -0.2) is 26.9 Å². The zero-order valence-corrected chi connectivity index (χ0v) is 13.4. The molecule has 4 heteroatoms. The summed E-state index contributed by atoms with van der Waals surface area (Å²) in [7, 11) is 3.72. The summed E-state index contributed by atoms with van der Waals surface area (Å²) in [5, 5.41) is 3.39. The monoisotopic (exact) mass is 327 g/mol. The lowest BCUT2D eigenvalue weighted by Crippen LogP contribution is -2.22. The lowest BCUT2D eigenvalue weighted by molar-refractivity contribution is 0.0951. The minimum Gasteiger partial charge on any atom is -0.496 e. The van der Waals surface area contributed by atoms with Crippen molar-refractivity contribution in [3.05, 3.63) is 27.7 Å². The average Bonchev–Trinajstić information content (AvgIpc) is 2.91. The first-order valence-electron chi connectivity index (χ1n) is 6.78. The van der Waals surface area contributed by atoms with Crippen LogP contribution in [0.2, 0.25) is 0 Å². The van der Waals surface area contributed by atoms with Gasteiger partial charge in [-0.2, -0.15) is 0 Å². The summed E-state index contributed by atoms with van der Waals surface area (Å²) in [6, 6.07) is 4.50. The molecule has 1 aliphatic rings. The topological polar surface area (TPSA) is 30.5 Å². The Hall–Kier alpha value is -0.580. The summed E-state index contributed by atoms with van der Waals surface area (Å²) >= 11 is 3.61. The van der Waals surface area contributed by atoms with E-state index in [4.69, 9.17) is 9.47 Å². The molecule has 0 aliphatic carbocycles. The van der Waals surface area contributed by atoms with E-state index >= 15 is 0 Å². The normalized spacial score (nSPS) is 20.5. The largest absolute Gasteiger partial charge is 0.496 e. The van der Waals surface area contributed by atoms with Crippen molar-refractivity contribution in [1.82, 2.24) is 5.32 Å². The molecular weight excluding hydrogens is 306 g/mol. The third-order valence-electron chi connectivity index (χ3n) is 3.76. The number of aryl methyl sites for hydroxylation is 1. The van der Waals surface area contributed by atoms with Crippen molar-refractivity contribution >= 4 is 15.9 Å². The van der Waals surface area contributed by atoms with Gasteiger partial charge in [0.1, 0.15) is 5.75 Å². The molecular formula is C15H22BrNO2. The standard InChI is InChI=1S/C15H22BrNO2/c1-10-7-15(18-3)12(9-13(10)16)14(17-2)8-11-5-4-6-19-11/h7,9,11,14,17H,4-6,8H2,1-3H3. The molecule has 1 N–H and O–H groups in total. The lowest BCUT2D eigenvalue weighted by atomic mass is 9.97. The first-order chi connectivity index (χ1) is 9.15. The van der Waals surface area contributed by atoms with Gasteiger partial charge in [-0.3, -0.25) is 0 Å². The highest BCUT2D eigenvalue weighted by Gasteiger charge is 2.23. The number of rotatable bonds is 5. The Bertz CT molecular complexity index is 430. The van der Waals surface area contributed by atoms with Crippen LogP contribution in [-0.2, 0) is 4.74 Å². The highest BCUT2D eigenvalue weighted by Crippen LogP contribution is 2.34. The van der Waals surface area contributed by atoms with E-state index in [1.807, 2.05) is 7.05 Å². The Labute approximate surface area is 123 Å². The summed E-state index contributed by atoms with van der Waals surface area (Å²) in [5.41, 5.74) is 2.38. The summed E-state index contributed by atoms with van der Waals surface area (Å²) in [6.07, 6.45) is 3.69. The van der Waals surface area contributed by atoms with E-state index < -0.39 is 0 Å². The molecule has 0 saturated carbocycles. The van der Waals surface area contributed by atoms with Gasteiger partial charge in [-0.25, -0.2) is 0 Å². The number of halogens is 1. The lowest BCUT2D eigenvalue weighted by Gasteiger charge is -2.23. The fraction of sp³-hybridized carbons (Fsp3) is 0.600. The van der Waals surface area contributed by atoms with Gasteiger partial charge in [0.2, 0.25) is 0 Å². The number of hydrogen-bond acceptors (Lipinski definition) is 3. The molecule has 1 saturated heterocycles. The Morgan fingerprint density at radius 1 is 1.53 bits per heavy atom. The van der Waals surface area contributed by atoms with Crippen molar-refractivity contribution < 1.29 is 9.47 Å².